The highest BCUT2D eigenvalue weighted by Crippen LogP contribution is 2.42. The number of amides is 1. The van der Waals surface area contributed by atoms with Gasteiger partial charge in [0.2, 0.25) is 5.70 Å². The second kappa shape index (κ2) is 13.3. The van der Waals surface area contributed by atoms with Gasteiger partial charge in [-0.1, -0.05) is 84.4 Å². The van der Waals surface area contributed by atoms with Gasteiger partial charge < -0.3 is 14.8 Å². The van der Waals surface area contributed by atoms with Crippen LogP contribution in [0, 0.1) is 5.92 Å². The molecule has 234 valence electrons. The number of aliphatic imine (C=N–C) groups is 1. The topological polar surface area (TPSA) is 76.0 Å². The monoisotopic (exact) mass is 624 g/mol. The third-order valence-electron chi connectivity index (χ3n) is 10.1. The summed E-state index contributed by atoms with van der Waals surface area (Å²) in [4.78, 5) is 35.1. The maximum Gasteiger partial charge on any atom is 0.310 e. The largest absolute Gasteiger partial charge is 0.550 e. The Morgan fingerprint density at radius 1 is 0.889 bits per heavy atom. The minimum absolute atomic E-state index is 0.0463. The van der Waals surface area contributed by atoms with Crippen LogP contribution in [0.1, 0.15) is 49.3 Å². The predicted octanol–water partition coefficient (Wildman–Crippen LogP) is 5.00. The highest BCUT2D eigenvalue weighted by molar-refractivity contribution is 6.30. The van der Waals surface area contributed by atoms with Crippen LogP contribution in [0.25, 0.3) is 0 Å². The number of hydrogen-bond acceptors (Lipinski definition) is 5. The van der Waals surface area contributed by atoms with Crippen molar-refractivity contribution in [3.8, 4) is 0 Å². The lowest BCUT2D eigenvalue weighted by Crippen LogP contribution is -2.52. The molecule has 6 rings (SSSR count). The van der Waals surface area contributed by atoms with Gasteiger partial charge in [0.25, 0.3) is 0 Å². The Balaban J connectivity index is 1.28. The number of likely N-dealkylation sites (tertiary alicyclic amines) is 2. The first kappa shape index (κ1) is 31.2. The Bertz CT molecular complexity index is 1520. The first-order chi connectivity index (χ1) is 21.8. The fourth-order valence-corrected chi connectivity index (χ4v) is 7.53. The van der Waals surface area contributed by atoms with Gasteiger partial charge >= 0.3 is 5.91 Å². The highest BCUT2D eigenvalue weighted by Gasteiger charge is 2.46. The van der Waals surface area contributed by atoms with Gasteiger partial charge in [0.1, 0.15) is 12.2 Å². The Hall–Kier alpha value is -3.78. The standard InChI is InChI=1S/C37H41ClN4O3/c1-2-42(26-28-13-15-32(38)16-14-28)27-39-33(34(42)35(43)41-21-17-29(18-22-41)36(44)45)25-40-23-19-37(20-24-40,30-9-5-3-6-10-30)31-11-7-4-8-12-31/h3-16,27,29H,2,17-26H2,1H3. The minimum atomic E-state index is -1.03. The molecular formula is C37H41ClN4O3. The van der Waals surface area contributed by atoms with E-state index in [1.165, 1.54) is 11.1 Å². The molecule has 3 heterocycles. The van der Waals surface area contributed by atoms with Crippen molar-refractivity contribution >= 4 is 29.8 Å². The van der Waals surface area contributed by atoms with Crippen LogP contribution >= 0.6 is 11.6 Å². The fraction of sp³-hybridized carbons (Fsp3) is 0.378. The van der Waals surface area contributed by atoms with Crippen LogP contribution < -0.4 is 5.11 Å². The van der Waals surface area contributed by atoms with Gasteiger partial charge in [0.05, 0.1) is 6.54 Å². The maximum atomic E-state index is 14.4. The highest BCUT2D eigenvalue weighted by atomic mass is 35.5. The summed E-state index contributed by atoms with van der Waals surface area (Å²) >= 11 is 6.19. The zero-order chi connectivity index (χ0) is 31.4. The van der Waals surface area contributed by atoms with Crippen LogP contribution in [-0.2, 0) is 21.5 Å². The molecule has 3 aromatic rings. The minimum Gasteiger partial charge on any atom is -0.550 e. The molecule has 2 fully saturated rings. The third-order valence-corrected chi connectivity index (χ3v) is 10.4. The van der Waals surface area contributed by atoms with Crippen LogP contribution in [-0.4, -0.2) is 71.8 Å². The molecular weight excluding hydrogens is 584 g/mol. The number of benzene rings is 3. The summed E-state index contributed by atoms with van der Waals surface area (Å²) in [7, 11) is 0. The molecule has 3 aliphatic rings. The lowest BCUT2D eigenvalue weighted by atomic mass is 9.68. The van der Waals surface area contributed by atoms with E-state index in [0.29, 0.717) is 60.8 Å². The molecule has 3 aromatic carbocycles. The number of halogens is 1. The number of rotatable bonds is 9. The molecule has 1 atom stereocenters. The number of piperidine rings is 2. The Morgan fingerprint density at radius 2 is 1.47 bits per heavy atom. The first-order valence-corrected chi connectivity index (χ1v) is 16.4. The lowest BCUT2D eigenvalue weighted by Gasteiger charge is -2.43. The molecule has 45 heavy (non-hydrogen) atoms. The van der Waals surface area contributed by atoms with E-state index in [4.69, 9.17) is 16.6 Å². The second-order valence-corrected chi connectivity index (χ2v) is 13.1. The molecule has 0 N–H and O–H groups in total. The second-order valence-electron chi connectivity index (χ2n) is 12.7. The van der Waals surface area contributed by atoms with Crippen molar-refractivity contribution in [2.45, 2.75) is 44.6 Å². The number of aliphatic carboxylic acids is 1. The molecule has 0 aliphatic carbocycles. The number of hydrogen-bond donors (Lipinski definition) is 0. The van der Waals surface area contributed by atoms with Crippen LogP contribution in [0.4, 0.5) is 0 Å². The van der Waals surface area contributed by atoms with E-state index in [2.05, 4.69) is 72.5 Å². The van der Waals surface area contributed by atoms with Crippen molar-refractivity contribution in [3.63, 3.8) is 0 Å². The van der Waals surface area contributed by atoms with Gasteiger partial charge in [-0.3, -0.25) is 9.69 Å². The summed E-state index contributed by atoms with van der Waals surface area (Å²) in [5, 5.41) is 12.2. The van der Waals surface area contributed by atoms with Gasteiger partial charge in [-0.25, -0.2) is 4.48 Å². The summed E-state index contributed by atoms with van der Waals surface area (Å²) in [6.45, 7) is 6.50. The summed E-state index contributed by atoms with van der Waals surface area (Å²) in [6.07, 6.45) is 4.70. The van der Waals surface area contributed by atoms with E-state index in [0.717, 1.165) is 37.2 Å². The Labute approximate surface area is 271 Å². The molecule has 2 saturated heterocycles. The van der Waals surface area contributed by atoms with Gasteiger partial charge in [-0.05, 0) is 69.0 Å². The quantitative estimate of drug-likeness (QED) is 0.314. The first-order valence-electron chi connectivity index (χ1n) is 16.1. The van der Waals surface area contributed by atoms with E-state index >= 15 is 0 Å². The Morgan fingerprint density at radius 3 is 2.00 bits per heavy atom. The van der Waals surface area contributed by atoms with Gasteiger partial charge in [-0.2, -0.15) is 4.99 Å². The van der Waals surface area contributed by atoms with E-state index < -0.39 is 11.9 Å². The molecule has 3 aliphatic heterocycles. The molecule has 0 spiro atoms. The van der Waals surface area contributed by atoms with Crippen molar-refractivity contribution in [2.24, 2.45) is 10.9 Å². The van der Waals surface area contributed by atoms with Crippen molar-refractivity contribution < 1.29 is 19.2 Å². The van der Waals surface area contributed by atoms with E-state index in [9.17, 15) is 14.7 Å². The lowest BCUT2D eigenvalue weighted by molar-refractivity contribution is -0.801. The van der Waals surface area contributed by atoms with Crippen molar-refractivity contribution in [1.29, 1.82) is 0 Å². The summed E-state index contributed by atoms with van der Waals surface area (Å²) in [6, 6.07) is 29.4. The normalized spacial score (nSPS) is 22.1. The van der Waals surface area contributed by atoms with Gasteiger partial charge in [0.15, 0.2) is 6.34 Å². The summed E-state index contributed by atoms with van der Waals surface area (Å²) in [5.41, 5.74) is 5.20. The zero-order valence-electron chi connectivity index (χ0n) is 25.9. The molecule has 0 radical (unpaired) electrons. The summed E-state index contributed by atoms with van der Waals surface area (Å²) in [5.74, 6) is -1.58. The molecule has 8 heteroatoms. The molecule has 0 saturated carbocycles. The smallest absolute Gasteiger partial charge is 0.310 e. The average Bonchev–Trinajstić information content (AvgIpc) is 3.44. The fourth-order valence-electron chi connectivity index (χ4n) is 7.40. The van der Waals surface area contributed by atoms with E-state index in [-0.39, 0.29) is 11.3 Å². The van der Waals surface area contributed by atoms with Crippen molar-refractivity contribution in [3.05, 3.63) is 118 Å². The number of quaternary nitrogens is 1. The maximum absolute atomic E-state index is 14.4. The Kier molecular flexibility index (Phi) is 9.22. The number of likely N-dealkylation sites (N-methyl/N-ethyl adjacent to an activating group) is 1. The van der Waals surface area contributed by atoms with Crippen molar-refractivity contribution in [1.82, 2.24) is 9.80 Å². The molecule has 1 unspecified atom stereocenters. The number of carboxylic acids is 1. The van der Waals surface area contributed by atoms with Gasteiger partial charge in [0, 0.05) is 47.5 Å². The molecule has 1 amide bonds. The molecule has 7 nitrogen and oxygen atoms in total. The van der Waals surface area contributed by atoms with Crippen LogP contribution in [0.2, 0.25) is 5.02 Å². The van der Waals surface area contributed by atoms with Crippen LogP contribution in [0.3, 0.4) is 0 Å². The van der Waals surface area contributed by atoms with Crippen LogP contribution in [0.15, 0.2) is 101 Å². The number of nitrogens with zero attached hydrogens (tertiary/aromatic N) is 4. The molecule has 0 bridgehead atoms. The number of carboxylic acid groups (broad SMARTS) is 1. The number of carbonyl (C=O) groups is 2. The van der Waals surface area contributed by atoms with E-state index in [1.807, 2.05) is 35.5 Å². The zero-order valence-corrected chi connectivity index (χ0v) is 26.7. The van der Waals surface area contributed by atoms with E-state index in [1.54, 1.807) is 0 Å². The third kappa shape index (κ3) is 6.35. The SMILES string of the molecule is CC[N+]1(Cc2ccc(Cl)cc2)C=NC(CN2CCC(c3ccccc3)(c3ccccc3)CC2)=C1C(=O)N1CCC(C(=O)[O-])CC1. The van der Waals surface area contributed by atoms with Gasteiger partial charge in [-0.15, -0.1) is 0 Å². The van der Waals surface area contributed by atoms with Crippen molar-refractivity contribution in [2.75, 3.05) is 39.3 Å². The predicted molar refractivity (Wildman–Crippen MR) is 175 cm³/mol. The molecule has 0 aromatic heterocycles. The van der Waals surface area contributed by atoms with Crippen LogP contribution in [0.5, 0.6) is 0 Å². The average molecular weight is 625 g/mol. The number of carbonyl (C=O) groups excluding carboxylic acids is 2. The summed E-state index contributed by atoms with van der Waals surface area (Å²) < 4.78 is 0.321.